The van der Waals surface area contributed by atoms with Crippen LogP contribution in [0.2, 0.25) is 0 Å². The highest BCUT2D eigenvalue weighted by Gasteiger charge is 2.06. The lowest BCUT2D eigenvalue weighted by atomic mass is 10.1. The van der Waals surface area contributed by atoms with Crippen LogP contribution in [0, 0.1) is 6.92 Å². The van der Waals surface area contributed by atoms with Crippen LogP contribution in [0.25, 0.3) is 0 Å². The monoisotopic (exact) mass is 181 g/mol. The van der Waals surface area contributed by atoms with E-state index in [-0.39, 0.29) is 5.75 Å². The number of hydrogen-bond donors (Lipinski definition) is 2. The smallest absolute Gasteiger partial charge is 0.166 e. The highest BCUT2D eigenvalue weighted by atomic mass is 16.5. The van der Waals surface area contributed by atoms with Crippen LogP contribution in [0.5, 0.6) is 11.5 Å². The fraction of sp³-hybridized carbons (Fsp3) is 0.222. The van der Waals surface area contributed by atoms with Gasteiger partial charge in [-0.05, 0) is 24.6 Å². The Morgan fingerprint density at radius 2 is 2.15 bits per heavy atom. The number of nitrogens with zero attached hydrogens (tertiary/aromatic N) is 1. The summed E-state index contributed by atoms with van der Waals surface area (Å²) in [5.74, 6) is 0.348. The first-order valence-corrected chi connectivity index (χ1v) is 3.74. The number of aromatic hydroxyl groups is 1. The second kappa shape index (κ2) is 3.80. The van der Waals surface area contributed by atoms with E-state index in [4.69, 9.17) is 9.94 Å². The number of hydrogen-bond acceptors (Lipinski definition) is 4. The molecule has 0 aromatic heterocycles. The summed E-state index contributed by atoms with van der Waals surface area (Å²) in [6.45, 7) is 1.86. The molecule has 4 nitrogen and oxygen atoms in total. The molecular formula is C9H11NO3. The maximum atomic E-state index is 9.52. The van der Waals surface area contributed by atoms with Gasteiger partial charge in [0.15, 0.2) is 11.5 Å². The van der Waals surface area contributed by atoms with Gasteiger partial charge in [0.25, 0.3) is 0 Å². The van der Waals surface area contributed by atoms with Crippen LogP contribution in [-0.2, 0) is 0 Å². The van der Waals surface area contributed by atoms with Gasteiger partial charge in [0.1, 0.15) is 0 Å². The molecule has 0 unspecified atom stereocenters. The Morgan fingerprint density at radius 1 is 1.46 bits per heavy atom. The minimum atomic E-state index is -0.0223. The van der Waals surface area contributed by atoms with E-state index >= 15 is 0 Å². The molecule has 1 aromatic rings. The van der Waals surface area contributed by atoms with Gasteiger partial charge in [0.05, 0.1) is 13.3 Å². The van der Waals surface area contributed by atoms with E-state index in [9.17, 15) is 5.11 Å². The first-order valence-electron chi connectivity index (χ1n) is 3.74. The van der Waals surface area contributed by atoms with Gasteiger partial charge < -0.3 is 15.1 Å². The molecule has 1 rings (SSSR count). The third-order valence-electron chi connectivity index (χ3n) is 1.67. The first-order chi connectivity index (χ1) is 6.19. The second-order valence-electron chi connectivity index (χ2n) is 2.65. The quantitative estimate of drug-likeness (QED) is 0.413. The molecule has 2 N–H and O–H groups in total. The molecule has 4 heteroatoms. The summed E-state index contributed by atoms with van der Waals surface area (Å²) in [5.41, 5.74) is 1.35. The largest absolute Gasteiger partial charge is 0.504 e. The van der Waals surface area contributed by atoms with E-state index in [1.807, 2.05) is 6.92 Å². The number of phenolic OH excluding ortho intramolecular Hbond substituents is 1. The average Bonchev–Trinajstić information content (AvgIpc) is 2.11. The molecule has 0 saturated carbocycles. The SMILES string of the molecule is COc1cc(C)cc(/C=N\O)c1O. The predicted octanol–water partition coefficient (Wildman–Crippen LogP) is 1.52. The van der Waals surface area contributed by atoms with E-state index in [0.29, 0.717) is 11.3 Å². The predicted molar refractivity (Wildman–Crippen MR) is 48.8 cm³/mol. The Kier molecular flexibility index (Phi) is 2.74. The number of methoxy groups -OCH3 is 1. The van der Waals surface area contributed by atoms with Gasteiger partial charge in [-0.3, -0.25) is 0 Å². The van der Waals surface area contributed by atoms with Gasteiger partial charge in [-0.2, -0.15) is 0 Å². The molecule has 0 amide bonds. The minimum Gasteiger partial charge on any atom is -0.504 e. The van der Waals surface area contributed by atoms with E-state index in [1.54, 1.807) is 12.1 Å². The van der Waals surface area contributed by atoms with Crippen molar-refractivity contribution in [3.63, 3.8) is 0 Å². The fourth-order valence-corrected chi connectivity index (χ4v) is 1.09. The molecule has 0 atom stereocenters. The number of rotatable bonds is 2. The maximum Gasteiger partial charge on any atom is 0.166 e. The second-order valence-corrected chi connectivity index (χ2v) is 2.65. The summed E-state index contributed by atoms with van der Waals surface area (Å²) in [6, 6.07) is 3.39. The molecule has 0 radical (unpaired) electrons. The summed E-state index contributed by atoms with van der Waals surface area (Å²) in [5, 5.41) is 20.7. The molecule has 0 spiro atoms. The fourth-order valence-electron chi connectivity index (χ4n) is 1.09. The molecule has 0 bridgehead atoms. The molecule has 0 fully saturated rings. The van der Waals surface area contributed by atoms with Crippen molar-refractivity contribution in [2.75, 3.05) is 7.11 Å². The highest BCUT2D eigenvalue weighted by Crippen LogP contribution is 2.29. The lowest BCUT2D eigenvalue weighted by Crippen LogP contribution is -1.90. The number of ether oxygens (including phenoxy) is 1. The van der Waals surface area contributed by atoms with Crippen molar-refractivity contribution >= 4 is 6.21 Å². The summed E-state index contributed by atoms with van der Waals surface area (Å²) in [6.07, 6.45) is 1.16. The average molecular weight is 181 g/mol. The van der Waals surface area contributed by atoms with Crippen LogP contribution in [-0.4, -0.2) is 23.6 Å². The number of benzene rings is 1. The zero-order chi connectivity index (χ0) is 9.84. The Bertz CT molecular complexity index is 334. The highest BCUT2D eigenvalue weighted by molar-refractivity contribution is 5.84. The van der Waals surface area contributed by atoms with Gasteiger partial charge in [-0.1, -0.05) is 5.16 Å². The standard InChI is InChI=1S/C9H11NO3/c1-6-3-7(5-10-12)9(11)8(4-6)13-2/h3-5,11-12H,1-2H3/b10-5-. The van der Waals surface area contributed by atoms with Crippen LogP contribution in [0.1, 0.15) is 11.1 Å². The molecule has 13 heavy (non-hydrogen) atoms. The van der Waals surface area contributed by atoms with Crippen LogP contribution in [0.15, 0.2) is 17.3 Å². The summed E-state index contributed by atoms with van der Waals surface area (Å²) >= 11 is 0. The Hall–Kier alpha value is -1.71. The Balaban J connectivity index is 3.26. The molecule has 0 heterocycles. The summed E-state index contributed by atoms with van der Waals surface area (Å²) in [4.78, 5) is 0. The van der Waals surface area contributed by atoms with Gasteiger partial charge >= 0.3 is 0 Å². The topological polar surface area (TPSA) is 62.0 Å². The Labute approximate surface area is 76.1 Å². The van der Waals surface area contributed by atoms with E-state index < -0.39 is 0 Å². The molecule has 0 aliphatic heterocycles. The normalized spacial score (nSPS) is 10.6. The molecule has 0 saturated heterocycles. The first kappa shape index (κ1) is 9.38. The zero-order valence-corrected chi connectivity index (χ0v) is 7.48. The van der Waals surface area contributed by atoms with Gasteiger partial charge in [0, 0.05) is 5.56 Å². The number of phenols is 1. The van der Waals surface area contributed by atoms with Crippen molar-refractivity contribution in [3.8, 4) is 11.5 Å². The van der Waals surface area contributed by atoms with Crippen LogP contribution in [0.4, 0.5) is 0 Å². The third-order valence-corrected chi connectivity index (χ3v) is 1.67. The maximum absolute atomic E-state index is 9.52. The molecular weight excluding hydrogens is 170 g/mol. The Morgan fingerprint density at radius 3 is 2.69 bits per heavy atom. The van der Waals surface area contributed by atoms with Crippen molar-refractivity contribution in [1.82, 2.24) is 0 Å². The molecule has 0 aliphatic carbocycles. The van der Waals surface area contributed by atoms with Crippen molar-refractivity contribution in [2.45, 2.75) is 6.92 Å². The number of oxime groups is 1. The molecule has 0 aliphatic rings. The van der Waals surface area contributed by atoms with Crippen molar-refractivity contribution < 1.29 is 15.1 Å². The number of aryl methyl sites for hydroxylation is 1. The van der Waals surface area contributed by atoms with Crippen LogP contribution < -0.4 is 4.74 Å². The molecule has 1 aromatic carbocycles. The van der Waals surface area contributed by atoms with Crippen molar-refractivity contribution in [1.29, 1.82) is 0 Å². The summed E-state index contributed by atoms with van der Waals surface area (Å²) in [7, 11) is 1.47. The van der Waals surface area contributed by atoms with Crippen molar-refractivity contribution in [2.24, 2.45) is 5.16 Å². The van der Waals surface area contributed by atoms with Gasteiger partial charge in [-0.25, -0.2) is 0 Å². The van der Waals surface area contributed by atoms with Crippen molar-refractivity contribution in [3.05, 3.63) is 23.3 Å². The van der Waals surface area contributed by atoms with E-state index in [0.717, 1.165) is 11.8 Å². The zero-order valence-electron chi connectivity index (χ0n) is 7.48. The lowest BCUT2D eigenvalue weighted by Gasteiger charge is -2.06. The lowest BCUT2D eigenvalue weighted by molar-refractivity contribution is 0.321. The van der Waals surface area contributed by atoms with Gasteiger partial charge in [0.2, 0.25) is 0 Å². The van der Waals surface area contributed by atoms with Gasteiger partial charge in [-0.15, -0.1) is 0 Å². The van der Waals surface area contributed by atoms with E-state index in [1.165, 1.54) is 7.11 Å². The molecule has 70 valence electrons. The third kappa shape index (κ3) is 1.90. The summed E-state index contributed by atoms with van der Waals surface area (Å²) < 4.78 is 4.92. The van der Waals surface area contributed by atoms with Crippen LogP contribution in [0.3, 0.4) is 0 Å². The van der Waals surface area contributed by atoms with Crippen LogP contribution >= 0.6 is 0 Å². The minimum absolute atomic E-state index is 0.0223. The van der Waals surface area contributed by atoms with E-state index in [2.05, 4.69) is 5.16 Å².